The Morgan fingerprint density at radius 1 is 1.05 bits per heavy atom. The SMILES string of the molecule is COC(=O)N1CCCN(C(=O)c2c(Cl)cccc2Cl)CC1. The number of benzene rings is 1. The van der Waals surface area contributed by atoms with E-state index in [0.717, 1.165) is 0 Å². The van der Waals surface area contributed by atoms with Crippen LogP contribution in [0.15, 0.2) is 18.2 Å². The van der Waals surface area contributed by atoms with Crippen molar-refractivity contribution in [3.63, 3.8) is 0 Å². The van der Waals surface area contributed by atoms with Crippen LogP contribution in [0.2, 0.25) is 10.0 Å². The Kier molecular flexibility index (Phi) is 5.31. The summed E-state index contributed by atoms with van der Waals surface area (Å²) in [5.74, 6) is -0.211. The molecule has 2 amide bonds. The van der Waals surface area contributed by atoms with Gasteiger partial charge < -0.3 is 14.5 Å². The first-order valence-electron chi connectivity index (χ1n) is 6.60. The molecule has 0 atom stereocenters. The predicted molar refractivity (Wildman–Crippen MR) is 81.0 cm³/mol. The van der Waals surface area contributed by atoms with Crippen LogP contribution in [-0.2, 0) is 4.74 Å². The maximum atomic E-state index is 12.6. The molecule has 0 bridgehead atoms. The van der Waals surface area contributed by atoms with E-state index < -0.39 is 0 Å². The number of amides is 2. The lowest BCUT2D eigenvalue weighted by Gasteiger charge is -2.22. The summed E-state index contributed by atoms with van der Waals surface area (Å²) in [6, 6.07) is 4.97. The molecular weight excluding hydrogens is 315 g/mol. The highest BCUT2D eigenvalue weighted by molar-refractivity contribution is 6.39. The van der Waals surface area contributed by atoms with Crippen LogP contribution in [0.25, 0.3) is 0 Å². The summed E-state index contributed by atoms with van der Waals surface area (Å²) in [6.45, 7) is 1.97. The molecule has 2 rings (SSSR count). The Hall–Kier alpha value is -1.46. The Labute approximate surface area is 133 Å². The third kappa shape index (κ3) is 3.60. The fraction of sp³-hybridized carbons (Fsp3) is 0.429. The van der Waals surface area contributed by atoms with E-state index in [0.29, 0.717) is 48.2 Å². The van der Waals surface area contributed by atoms with Gasteiger partial charge in [-0.25, -0.2) is 4.79 Å². The van der Waals surface area contributed by atoms with Crippen LogP contribution in [0, 0.1) is 0 Å². The molecule has 1 heterocycles. The Balaban J connectivity index is 2.12. The highest BCUT2D eigenvalue weighted by atomic mass is 35.5. The van der Waals surface area contributed by atoms with Crippen LogP contribution in [0.1, 0.15) is 16.8 Å². The number of ether oxygens (including phenoxy) is 1. The molecule has 0 saturated carbocycles. The predicted octanol–water partition coefficient (Wildman–Crippen LogP) is 2.91. The third-order valence-corrected chi connectivity index (χ3v) is 4.02. The van der Waals surface area contributed by atoms with E-state index in [1.54, 1.807) is 28.0 Å². The molecule has 1 aromatic rings. The Morgan fingerprint density at radius 2 is 1.62 bits per heavy atom. The fourth-order valence-electron chi connectivity index (χ4n) is 2.29. The molecule has 1 aromatic carbocycles. The van der Waals surface area contributed by atoms with Crippen molar-refractivity contribution in [1.82, 2.24) is 9.80 Å². The van der Waals surface area contributed by atoms with Crippen LogP contribution in [0.5, 0.6) is 0 Å². The number of rotatable bonds is 1. The van der Waals surface area contributed by atoms with Gasteiger partial charge >= 0.3 is 6.09 Å². The topological polar surface area (TPSA) is 49.9 Å². The first-order chi connectivity index (χ1) is 10.0. The van der Waals surface area contributed by atoms with Gasteiger partial charge in [-0.1, -0.05) is 29.3 Å². The van der Waals surface area contributed by atoms with Gasteiger partial charge in [0.25, 0.3) is 5.91 Å². The van der Waals surface area contributed by atoms with Gasteiger partial charge in [-0.3, -0.25) is 4.79 Å². The van der Waals surface area contributed by atoms with Crippen molar-refractivity contribution in [2.24, 2.45) is 0 Å². The number of hydrogen-bond donors (Lipinski definition) is 0. The van der Waals surface area contributed by atoms with Crippen LogP contribution in [-0.4, -0.2) is 55.1 Å². The second kappa shape index (κ2) is 7.00. The van der Waals surface area contributed by atoms with E-state index in [9.17, 15) is 9.59 Å². The highest BCUT2D eigenvalue weighted by Crippen LogP contribution is 2.26. The molecular formula is C14H16Cl2N2O3. The van der Waals surface area contributed by atoms with Crippen LogP contribution in [0.4, 0.5) is 4.79 Å². The average molecular weight is 331 g/mol. The van der Waals surface area contributed by atoms with Crippen molar-refractivity contribution >= 4 is 35.2 Å². The molecule has 1 fully saturated rings. The number of nitrogens with zero attached hydrogens (tertiary/aromatic N) is 2. The largest absolute Gasteiger partial charge is 0.453 e. The van der Waals surface area contributed by atoms with Gasteiger partial charge in [0.15, 0.2) is 0 Å². The minimum atomic E-state index is -0.375. The lowest BCUT2D eigenvalue weighted by Crippen LogP contribution is -2.37. The van der Waals surface area contributed by atoms with Crippen molar-refractivity contribution in [3.8, 4) is 0 Å². The van der Waals surface area contributed by atoms with Gasteiger partial charge in [0.1, 0.15) is 0 Å². The second-order valence-electron chi connectivity index (χ2n) is 4.70. The van der Waals surface area contributed by atoms with Crippen molar-refractivity contribution in [3.05, 3.63) is 33.8 Å². The molecule has 0 aliphatic carbocycles. The van der Waals surface area contributed by atoms with Crippen molar-refractivity contribution in [2.45, 2.75) is 6.42 Å². The molecule has 1 aliphatic heterocycles. The van der Waals surface area contributed by atoms with E-state index in [2.05, 4.69) is 0 Å². The summed E-state index contributed by atoms with van der Waals surface area (Å²) in [4.78, 5) is 27.3. The maximum Gasteiger partial charge on any atom is 0.409 e. The standard InChI is InChI=1S/C14H16Cl2N2O3/c1-21-14(20)18-7-3-6-17(8-9-18)13(19)12-10(15)4-2-5-11(12)16/h2,4-5H,3,6-9H2,1H3. The molecule has 114 valence electrons. The van der Waals surface area contributed by atoms with Gasteiger partial charge in [-0.2, -0.15) is 0 Å². The van der Waals surface area contributed by atoms with E-state index in [1.165, 1.54) is 7.11 Å². The van der Waals surface area contributed by atoms with Gasteiger partial charge in [0.2, 0.25) is 0 Å². The lowest BCUT2D eigenvalue weighted by atomic mass is 10.2. The average Bonchev–Trinajstić information content (AvgIpc) is 2.72. The molecule has 0 aromatic heterocycles. The van der Waals surface area contributed by atoms with Crippen molar-refractivity contribution in [2.75, 3.05) is 33.3 Å². The van der Waals surface area contributed by atoms with E-state index in [1.807, 2.05) is 0 Å². The smallest absolute Gasteiger partial charge is 0.409 e. The highest BCUT2D eigenvalue weighted by Gasteiger charge is 2.25. The summed E-state index contributed by atoms with van der Waals surface area (Å²) in [6.07, 6.45) is 0.309. The third-order valence-electron chi connectivity index (χ3n) is 3.39. The molecule has 1 aliphatic rings. The molecule has 21 heavy (non-hydrogen) atoms. The van der Waals surface area contributed by atoms with Crippen LogP contribution in [0.3, 0.4) is 0 Å². The Bertz CT molecular complexity index is 531. The summed E-state index contributed by atoms with van der Waals surface area (Å²) in [5, 5.41) is 0.670. The molecule has 5 nitrogen and oxygen atoms in total. The summed E-state index contributed by atoms with van der Waals surface area (Å²) < 4.78 is 4.71. The van der Waals surface area contributed by atoms with Crippen LogP contribution >= 0.6 is 23.2 Å². The molecule has 0 radical (unpaired) electrons. The molecule has 7 heteroatoms. The number of hydrogen-bond acceptors (Lipinski definition) is 3. The number of carbonyl (C=O) groups is 2. The summed E-state index contributed by atoms with van der Waals surface area (Å²) in [7, 11) is 1.35. The van der Waals surface area contributed by atoms with E-state index in [4.69, 9.17) is 27.9 Å². The first kappa shape index (κ1) is 15.9. The minimum absolute atomic E-state index is 0.211. The van der Waals surface area contributed by atoms with Crippen molar-refractivity contribution in [1.29, 1.82) is 0 Å². The summed E-state index contributed by atoms with van der Waals surface area (Å²) >= 11 is 12.1. The molecule has 0 unspecified atom stereocenters. The zero-order chi connectivity index (χ0) is 15.4. The summed E-state index contributed by atoms with van der Waals surface area (Å²) in [5.41, 5.74) is 0.312. The van der Waals surface area contributed by atoms with Gasteiger partial charge in [0.05, 0.1) is 22.7 Å². The number of carbonyl (C=O) groups excluding carboxylic acids is 2. The van der Waals surface area contributed by atoms with Gasteiger partial charge in [0, 0.05) is 26.2 Å². The second-order valence-corrected chi connectivity index (χ2v) is 5.51. The first-order valence-corrected chi connectivity index (χ1v) is 7.36. The van der Waals surface area contributed by atoms with E-state index in [-0.39, 0.29) is 12.0 Å². The van der Waals surface area contributed by atoms with E-state index >= 15 is 0 Å². The maximum absolute atomic E-state index is 12.6. The van der Waals surface area contributed by atoms with Gasteiger partial charge in [-0.05, 0) is 18.6 Å². The Morgan fingerprint density at radius 3 is 2.24 bits per heavy atom. The zero-order valence-corrected chi connectivity index (χ0v) is 13.2. The number of halogens is 2. The number of methoxy groups -OCH3 is 1. The monoisotopic (exact) mass is 330 g/mol. The van der Waals surface area contributed by atoms with Crippen molar-refractivity contribution < 1.29 is 14.3 Å². The molecule has 1 saturated heterocycles. The fourth-order valence-corrected chi connectivity index (χ4v) is 2.85. The molecule has 0 spiro atoms. The normalized spacial score (nSPS) is 15.6. The minimum Gasteiger partial charge on any atom is -0.453 e. The quantitative estimate of drug-likeness (QED) is 0.795. The lowest BCUT2D eigenvalue weighted by molar-refractivity contribution is 0.0757. The van der Waals surface area contributed by atoms with Gasteiger partial charge in [-0.15, -0.1) is 0 Å². The molecule has 0 N–H and O–H groups in total. The zero-order valence-electron chi connectivity index (χ0n) is 11.6. The van der Waals surface area contributed by atoms with Crippen LogP contribution < -0.4 is 0 Å².